The number of anilines is 1. The molecule has 0 saturated carbocycles. The van der Waals surface area contributed by atoms with Gasteiger partial charge in [-0.25, -0.2) is 4.68 Å². The second kappa shape index (κ2) is 7.50. The molecule has 5 aromatic rings. The number of nitrogens with zero attached hydrogens (tertiary/aromatic N) is 4. The minimum absolute atomic E-state index is 0.293. The van der Waals surface area contributed by atoms with E-state index < -0.39 is 0 Å². The Balaban J connectivity index is 1.55. The maximum atomic E-state index is 12.9. The first kappa shape index (κ1) is 18.1. The smallest absolute Gasteiger partial charge is 0.274 e. The van der Waals surface area contributed by atoms with E-state index in [2.05, 4.69) is 15.4 Å². The summed E-state index contributed by atoms with van der Waals surface area (Å²) in [6, 6.07) is 20.7. The van der Waals surface area contributed by atoms with Crippen molar-refractivity contribution < 1.29 is 4.79 Å². The van der Waals surface area contributed by atoms with Gasteiger partial charge < -0.3 is 9.72 Å². The molecule has 0 atom stereocenters. The average molecular weight is 414 g/mol. The first-order chi connectivity index (χ1) is 14.7. The number of halogens is 1. The first-order valence-electron chi connectivity index (χ1n) is 9.32. The molecule has 0 aliphatic carbocycles. The van der Waals surface area contributed by atoms with Crippen LogP contribution in [0.1, 0.15) is 10.5 Å². The minimum Gasteiger partial charge on any atom is -0.319 e. The van der Waals surface area contributed by atoms with Crippen LogP contribution < -0.4 is 5.32 Å². The van der Waals surface area contributed by atoms with E-state index in [0.29, 0.717) is 16.4 Å². The molecule has 6 nitrogen and oxygen atoms in total. The highest BCUT2D eigenvalue weighted by Gasteiger charge is 2.17. The van der Waals surface area contributed by atoms with E-state index in [1.54, 1.807) is 35.3 Å². The number of hydrogen-bond donors (Lipinski definition) is 1. The Morgan fingerprint density at radius 1 is 0.900 bits per heavy atom. The summed E-state index contributed by atoms with van der Waals surface area (Å²) in [4.78, 5) is 17.1. The highest BCUT2D eigenvalue weighted by molar-refractivity contribution is 6.33. The summed E-state index contributed by atoms with van der Waals surface area (Å²) >= 11 is 6.18. The third-order valence-corrected chi connectivity index (χ3v) is 5.17. The summed E-state index contributed by atoms with van der Waals surface area (Å²) in [5.41, 5.74) is 3.97. The van der Waals surface area contributed by atoms with Crippen LogP contribution in [0.2, 0.25) is 5.02 Å². The maximum absolute atomic E-state index is 12.9. The number of para-hydroxylation sites is 1. The molecule has 1 amide bonds. The molecule has 1 aromatic carbocycles. The molecule has 146 valence electrons. The molecule has 0 radical (unpaired) electrons. The molecular weight excluding hydrogens is 398 g/mol. The molecule has 7 heteroatoms. The van der Waals surface area contributed by atoms with Gasteiger partial charge in [0.05, 0.1) is 16.9 Å². The van der Waals surface area contributed by atoms with Gasteiger partial charge in [0, 0.05) is 29.7 Å². The highest BCUT2D eigenvalue weighted by atomic mass is 35.5. The van der Waals surface area contributed by atoms with Crippen LogP contribution in [0.3, 0.4) is 0 Å². The summed E-state index contributed by atoms with van der Waals surface area (Å²) in [5.74, 6) is 0.462. The fraction of sp³-hybridized carbons (Fsp3) is 0. The lowest BCUT2D eigenvalue weighted by Gasteiger charge is -2.11. The summed E-state index contributed by atoms with van der Waals surface area (Å²) in [6.07, 6.45) is 7.18. The van der Waals surface area contributed by atoms with E-state index in [0.717, 1.165) is 22.5 Å². The molecule has 1 N–H and O–H groups in total. The Morgan fingerprint density at radius 2 is 1.77 bits per heavy atom. The number of amides is 1. The molecule has 0 aliphatic heterocycles. The number of aromatic nitrogens is 4. The summed E-state index contributed by atoms with van der Waals surface area (Å²) in [5, 5.41) is 7.71. The van der Waals surface area contributed by atoms with Crippen LogP contribution in [-0.2, 0) is 0 Å². The largest absolute Gasteiger partial charge is 0.319 e. The summed E-state index contributed by atoms with van der Waals surface area (Å²) < 4.78 is 3.62. The van der Waals surface area contributed by atoms with E-state index in [9.17, 15) is 4.79 Å². The lowest BCUT2D eigenvalue weighted by Crippen LogP contribution is -2.18. The third-order valence-electron chi connectivity index (χ3n) is 4.84. The molecule has 5 rings (SSSR count). The first-order valence-corrected chi connectivity index (χ1v) is 9.70. The second-order valence-electron chi connectivity index (χ2n) is 6.71. The fourth-order valence-electron chi connectivity index (χ4n) is 3.37. The maximum Gasteiger partial charge on any atom is 0.274 e. The van der Waals surface area contributed by atoms with Gasteiger partial charge in [0.15, 0.2) is 0 Å². The van der Waals surface area contributed by atoms with Crippen molar-refractivity contribution in [3.05, 3.63) is 102 Å². The molecule has 0 fully saturated rings. The lowest BCUT2D eigenvalue weighted by atomic mass is 10.1. The number of rotatable bonds is 4. The molecule has 30 heavy (non-hydrogen) atoms. The highest BCUT2D eigenvalue weighted by Crippen LogP contribution is 2.24. The number of nitrogens with one attached hydrogen (secondary N) is 1. The van der Waals surface area contributed by atoms with Crippen LogP contribution in [0.4, 0.5) is 5.69 Å². The Morgan fingerprint density at radius 3 is 2.60 bits per heavy atom. The molecule has 4 aromatic heterocycles. The molecule has 0 saturated heterocycles. The van der Waals surface area contributed by atoms with E-state index in [1.807, 2.05) is 65.3 Å². The van der Waals surface area contributed by atoms with Gasteiger partial charge in [-0.1, -0.05) is 35.9 Å². The van der Waals surface area contributed by atoms with Crippen molar-refractivity contribution in [1.82, 2.24) is 19.2 Å². The fourth-order valence-corrected chi connectivity index (χ4v) is 3.55. The number of fused-ring (bicyclic) bond motifs is 1. The van der Waals surface area contributed by atoms with Crippen LogP contribution in [0, 0.1) is 0 Å². The van der Waals surface area contributed by atoms with Gasteiger partial charge in [-0.05, 0) is 48.0 Å². The average Bonchev–Trinajstić information content (AvgIpc) is 3.42. The van der Waals surface area contributed by atoms with Crippen LogP contribution in [0.25, 0.3) is 22.5 Å². The van der Waals surface area contributed by atoms with Crippen molar-refractivity contribution in [3.63, 3.8) is 0 Å². The normalized spacial score (nSPS) is 11.0. The molecule has 0 aliphatic rings. The predicted octanol–water partition coefficient (Wildman–Crippen LogP) is 5.09. The van der Waals surface area contributed by atoms with Crippen molar-refractivity contribution in [3.8, 4) is 16.9 Å². The van der Waals surface area contributed by atoms with Gasteiger partial charge in [-0.15, -0.1) is 0 Å². The monoisotopic (exact) mass is 413 g/mol. The van der Waals surface area contributed by atoms with Crippen molar-refractivity contribution in [2.45, 2.75) is 0 Å². The molecule has 0 unspecified atom stereocenters. The van der Waals surface area contributed by atoms with E-state index >= 15 is 0 Å². The van der Waals surface area contributed by atoms with E-state index in [4.69, 9.17) is 11.6 Å². The molecular formula is C23H16ClN5O. The van der Waals surface area contributed by atoms with Crippen LogP contribution in [-0.4, -0.2) is 25.1 Å². The standard InChI is InChI=1S/C23H16ClN5O/c24-19-5-1-2-6-20(19)27-23(30)21-11-13-26-29(21)22-10-9-18-8-7-17(15-28(18)22)16-4-3-12-25-14-16/h1-15H,(H,27,30). The van der Waals surface area contributed by atoms with Crippen molar-refractivity contribution in [2.24, 2.45) is 0 Å². The van der Waals surface area contributed by atoms with Gasteiger partial charge in [-0.3, -0.25) is 9.78 Å². The van der Waals surface area contributed by atoms with Crippen LogP contribution in [0.5, 0.6) is 0 Å². The van der Waals surface area contributed by atoms with Crippen LogP contribution in [0.15, 0.2) is 91.5 Å². The van der Waals surface area contributed by atoms with Gasteiger partial charge in [-0.2, -0.15) is 5.10 Å². The van der Waals surface area contributed by atoms with Gasteiger partial charge in [0.25, 0.3) is 5.91 Å². The van der Waals surface area contributed by atoms with Crippen LogP contribution >= 0.6 is 11.6 Å². The Hall–Kier alpha value is -3.90. The van der Waals surface area contributed by atoms with Gasteiger partial charge >= 0.3 is 0 Å². The zero-order valence-corrected chi connectivity index (χ0v) is 16.5. The summed E-state index contributed by atoms with van der Waals surface area (Å²) in [7, 11) is 0. The van der Waals surface area contributed by atoms with Gasteiger partial charge in [0.1, 0.15) is 11.5 Å². The quantitative estimate of drug-likeness (QED) is 0.446. The number of carbonyl (C=O) groups is 1. The molecule has 4 heterocycles. The van der Waals surface area contributed by atoms with E-state index in [-0.39, 0.29) is 5.91 Å². The van der Waals surface area contributed by atoms with Gasteiger partial charge in [0.2, 0.25) is 0 Å². The van der Waals surface area contributed by atoms with Crippen molar-refractivity contribution in [1.29, 1.82) is 0 Å². The lowest BCUT2D eigenvalue weighted by molar-refractivity contribution is 0.101. The second-order valence-corrected chi connectivity index (χ2v) is 7.12. The molecule has 0 bridgehead atoms. The Labute approximate surface area is 177 Å². The number of hydrogen-bond acceptors (Lipinski definition) is 3. The topological polar surface area (TPSA) is 64.2 Å². The zero-order valence-electron chi connectivity index (χ0n) is 15.7. The Bertz CT molecular complexity index is 1360. The number of benzene rings is 1. The summed E-state index contributed by atoms with van der Waals surface area (Å²) in [6.45, 7) is 0. The third kappa shape index (κ3) is 3.23. The number of carbonyl (C=O) groups excluding carboxylic acids is 1. The SMILES string of the molecule is O=C(Nc1ccccc1Cl)c1ccnn1-c1ccc2ccc(-c3cccnc3)cn12. The van der Waals surface area contributed by atoms with Crippen molar-refractivity contribution >= 4 is 28.7 Å². The van der Waals surface area contributed by atoms with E-state index in [1.165, 1.54) is 0 Å². The molecule has 0 spiro atoms. The number of pyridine rings is 2. The Kier molecular flexibility index (Phi) is 4.53. The predicted molar refractivity (Wildman–Crippen MR) is 117 cm³/mol. The van der Waals surface area contributed by atoms with Crippen molar-refractivity contribution in [2.75, 3.05) is 5.32 Å². The minimum atomic E-state index is -0.293. The zero-order chi connectivity index (χ0) is 20.5.